The van der Waals surface area contributed by atoms with Crippen molar-refractivity contribution in [3.05, 3.63) is 52.8 Å². The maximum absolute atomic E-state index is 10.0. The third-order valence-electron chi connectivity index (χ3n) is 4.24. The molecule has 1 atom stereocenters. The molecule has 2 aromatic heterocycles. The molecule has 5 nitrogen and oxygen atoms in total. The second-order valence-corrected chi connectivity index (χ2v) is 5.86. The lowest BCUT2D eigenvalue weighted by Crippen LogP contribution is -2.12. The summed E-state index contributed by atoms with van der Waals surface area (Å²) < 4.78 is 1.85. The van der Waals surface area contributed by atoms with Crippen LogP contribution in [0.2, 0.25) is 0 Å². The molecule has 0 bridgehead atoms. The van der Waals surface area contributed by atoms with Gasteiger partial charge in [0.15, 0.2) is 5.65 Å². The van der Waals surface area contributed by atoms with E-state index in [1.807, 2.05) is 49.6 Å². The van der Waals surface area contributed by atoms with Gasteiger partial charge in [-0.2, -0.15) is 9.61 Å². The number of anilines is 1. The first-order valence-electron chi connectivity index (χ1n) is 7.91. The lowest BCUT2D eigenvalue weighted by atomic mass is 10.1. The highest BCUT2D eigenvalue weighted by Gasteiger charge is 2.15. The van der Waals surface area contributed by atoms with E-state index in [1.54, 1.807) is 6.07 Å². The van der Waals surface area contributed by atoms with Crippen molar-refractivity contribution in [1.82, 2.24) is 14.6 Å². The second kappa shape index (κ2) is 5.91. The van der Waals surface area contributed by atoms with Crippen LogP contribution in [0.25, 0.3) is 5.65 Å². The van der Waals surface area contributed by atoms with E-state index in [4.69, 9.17) is 0 Å². The number of aromatic nitrogens is 3. The van der Waals surface area contributed by atoms with Gasteiger partial charge >= 0.3 is 0 Å². The number of benzene rings is 1. The molecule has 0 aliphatic heterocycles. The topological polar surface area (TPSA) is 62.5 Å². The minimum atomic E-state index is -0.0451. The quantitative estimate of drug-likeness (QED) is 0.769. The lowest BCUT2D eigenvalue weighted by Gasteiger charge is -2.18. The molecule has 2 N–H and O–H groups in total. The molecule has 5 heteroatoms. The molecule has 0 aliphatic rings. The molecule has 0 unspecified atom stereocenters. The second-order valence-electron chi connectivity index (χ2n) is 5.86. The van der Waals surface area contributed by atoms with Crippen LogP contribution in [0.3, 0.4) is 0 Å². The molecular formula is C18H22N4O. The Labute approximate surface area is 136 Å². The van der Waals surface area contributed by atoms with E-state index < -0.39 is 0 Å². The molecule has 0 radical (unpaired) electrons. The van der Waals surface area contributed by atoms with Crippen molar-refractivity contribution < 1.29 is 5.11 Å². The Balaban J connectivity index is 2.05. The van der Waals surface area contributed by atoms with Crippen LogP contribution in [0.15, 0.2) is 30.3 Å². The van der Waals surface area contributed by atoms with E-state index in [-0.39, 0.29) is 6.04 Å². The van der Waals surface area contributed by atoms with Crippen LogP contribution in [0.1, 0.15) is 42.4 Å². The summed E-state index contributed by atoms with van der Waals surface area (Å²) in [5.41, 5.74) is 4.83. The summed E-state index contributed by atoms with van der Waals surface area (Å²) in [5, 5.41) is 18.1. The van der Waals surface area contributed by atoms with Gasteiger partial charge in [0.2, 0.25) is 0 Å². The molecule has 2 heterocycles. The number of para-hydroxylation sites is 1. The van der Waals surface area contributed by atoms with Crippen molar-refractivity contribution in [2.75, 3.05) is 5.32 Å². The maximum Gasteiger partial charge on any atom is 0.160 e. The van der Waals surface area contributed by atoms with Gasteiger partial charge in [-0.25, -0.2) is 4.98 Å². The number of aryl methyl sites for hydroxylation is 3. The number of rotatable bonds is 4. The maximum atomic E-state index is 10.0. The standard InChI is InChI=1S/C18H22N4O/c1-5-14-10-17(22-18(20-14)11(2)12(3)21-22)19-13(4)15-8-6-7-9-16(15)23/h6-10,13,19,23H,5H2,1-4H3/t13-/m1/s1. The summed E-state index contributed by atoms with van der Waals surface area (Å²) >= 11 is 0. The SMILES string of the molecule is CCc1cc(N[C@H](C)c2ccccc2O)n2nc(C)c(C)c2n1. The van der Waals surface area contributed by atoms with Gasteiger partial charge in [-0.05, 0) is 33.3 Å². The third kappa shape index (κ3) is 2.74. The number of fused-ring (bicyclic) bond motifs is 1. The summed E-state index contributed by atoms with van der Waals surface area (Å²) in [6.45, 7) is 8.15. The summed E-state index contributed by atoms with van der Waals surface area (Å²) in [6, 6.07) is 9.35. The van der Waals surface area contributed by atoms with E-state index in [1.165, 1.54) is 0 Å². The highest BCUT2D eigenvalue weighted by atomic mass is 16.3. The van der Waals surface area contributed by atoms with Crippen molar-refractivity contribution in [2.24, 2.45) is 0 Å². The molecule has 1 aromatic carbocycles. The van der Waals surface area contributed by atoms with Crippen molar-refractivity contribution in [2.45, 2.75) is 40.2 Å². The zero-order valence-corrected chi connectivity index (χ0v) is 14.0. The number of nitrogens with one attached hydrogen (secondary N) is 1. The monoisotopic (exact) mass is 310 g/mol. The summed E-state index contributed by atoms with van der Waals surface area (Å²) in [7, 11) is 0. The largest absolute Gasteiger partial charge is 0.508 e. The minimum absolute atomic E-state index is 0.0451. The molecule has 3 rings (SSSR count). The Morgan fingerprint density at radius 1 is 1.26 bits per heavy atom. The fourth-order valence-electron chi connectivity index (χ4n) is 2.72. The van der Waals surface area contributed by atoms with E-state index in [0.29, 0.717) is 5.75 Å². The number of aromatic hydroxyl groups is 1. The van der Waals surface area contributed by atoms with E-state index in [9.17, 15) is 5.11 Å². The fourth-order valence-corrected chi connectivity index (χ4v) is 2.72. The van der Waals surface area contributed by atoms with Crippen molar-refractivity contribution in [1.29, 1.82) is 0 Å². The first-order chi connectivity index (χ1) is 11.0. The van der Waals surface area contributed by atoms with Gasteiger partial charge < -0.3 is 10.4 Å². The number of hydrogen-bond acceptors (Lipinski definition) is 4. The molecular weight excluding hydrogens is 288 g/mol. The Kier molecular flexibility index (Phi) is 3.94. The number of phenols is 1. The highest BCUT2D eigenvalue weighted by Crippen LogP contribution is 2.27. The van der Waals surface area contributed by atoms with Gasteiger partial charge in [0.25, 0.3) is 0 Å². The Bertz CT molecular complexity index is 854. The predicted molar refractivity (Wildman–Crippen MR) is 92.0 cm³/mol. The van der Waals surface area contributed by atoms with Gasteiger partial charge in [-0.15, -0.1) is 0 Å². The molecule has 0 saturated carbocycles. The molecule has 0 spiro atoms. The normalized spacial score (nSPS) is 12.5. The van der Waals surface area contributed by atoms with E-state index in [2.05, 4.69) is 22.3 Å². The summed E-state index contributed by atoms with van der Waals surface area (Å²) in [6.07, 6.45) is 0.861. The minimum Gasteiger partial charge on any atom is -0.508 e. The predicted octanol–water partition coefficient (Wildman–Crippen LogP) is 3.79. The first-order valence-corrected chi connectivity index (χ1v) is 7.91. The van der Waals surface area contributed by atoms with Crippen LogP contribution in [0.4, 0.5) is 5.82 Å². The number of phenolic OH excluding ortho intramolecular Hbond substituents is 1. The van der Waals surface area contributed by atoms with Crippen molar-refractivity contribution in [3.8, 4) is 5.75 Å². The van der Waals surface area contributed by atoms with Crippen LogP contribution in [-0.4, -0.2) is 19.7 Å². The number of nitrogens with zero attached hydrogens (tertiary/aromatic N) is 3. The average Bonchev–Trinajstić information content (AvgIpc) is 2.83. The van der Waals surface area contributed by atoms with Crippen LogP contribution in [-0.2, 0) is 6.42 Å². The molecule has 23 heavy (non-hydrogen) atoms. The highest BCUT2D eigenvalue weighted by molar-refractivity contribution is 5.56. The molecule has 0 saturated heterocycles. The lowest BCUT2D eigenvalue weighted by molar-refractivity contribution is 0.465. The van der Waals surface area contributed by atoms with Gasteiger partial charge in [-0.1, -0.05) is 25.1 Å². The molecule has 3 aromatic rings. The van der Waals surface area contributed by atoms with Gasteiger partial charge in [-0.3, -0.25) is 0 Å². The molecule has 120 valence electrons. The van der Waals surface area contributed by atoms with Crippen molar-refractivity contribution >= 4 is 11.5 Å². The number of hydrogen-bond donors (Lipinski definition) is 2. The molecule has 0 amide bonds. The first kappa shape index (κ1) is 15.3. The van der Waals surface area contributed by atoms with Gasteiger partial charge in [0, 0.05) is 22.9 Å². The van der Waals surface area contributed by atoms with Crippen LogP contribution in [0.5, 0.6) is 5.75 Å². The van der Waals surface area contributed by atoms with Crippen LogP contribution < -0.4 is 5.32 Å². The smallest absolute Gasteiger partial charge is 0.160 e. The van der Waals surface area contributed by atoms with Crippen LogP contribution >= 0.6 is 0 Å². The Hall–Kier alpha value is -2.56. The molecule has 0 fully saturated rings. The Morgan fingerprint density at radius 3 is 2.70 bits per heavy atom. The fraction of sp³-hybridized carbons (Fsp3) is 0.333. The summed E-state index contributed by atoms with van der Waals surface area (Å²) in [4.78, 5) is 4.68. The Morgan fingerprint density at radius 2 is 2.00 bits per heavy atom. The van der Waals surface area contributed by atoms with Gasteiger partial charge in [0.1, 0.15) is 11.6 Å². The van der Waals surface area contributed by atoms with E-state index >= 15 is 0 Å². The third-order valence-corrected chi connectivity index (χ3v) is 4.24. The van der Waals surface area contributed by atoms with Crippen LogP contribution in [0, 0.1) is 13.8 Å². The zero-order valence-electron chi connectivity index (χ0n) is 14.0. The van der Waals surface area contributed by atoms with Gasteiger partial charge in [0.05, 0.1) is 11.7 Å². The summed E-state index contributed by atoms with van der Waals surface area (Å²) in [5.74, 6) is 1.18. The zero-order chi connectivity index (χ0) is 16.6. The van der Waals surface area contributed by atoms with E-state index in [0.717, 1.165) is 40.4 Å². The van der Waals surface area contributed by atoms with Crippen molar-refractivity contribution in [3.63, 3.8) is 0 Å². The molecule has 0 aliphatic carbocycles. The average molecular weight is 310 g/mol.